The summed E-state index contributed by atoms with van der Waals surface area (Å²) in [6, 6.07) is 10.9. The lowest BCUT2D eigenvalue weighted by Crippen LogP contribution is -2.47. The zero-order chi connectivity index (χ0) is 16.8. The molecule has 1 aliphatic heterocycles. The average molecular weight is 330 g/mol. The molecule has 0 aromatic heterocycles. The predicted octanol–water partition coefficient (Wildman–Crippen LogP) is 1.44. The molecule has 24 heavy (non-hydrogen) atoms. The van der Waals surface area contributed by atoms with Gasteiger partial charge in [0.2, 0.25) is 5.91 Å². The first kappa shape index (κ1) is 17.2. The molecule has 1 aromatic rings. The van der Waals surface area contributed by atoms with E-state index >= 15 is 0 Å². The number of rotatable bonds is 6. The van der Waals surface area contributed by atoms with E-state index in [0.717, 1.165) is 45.6 Å². The van der Waals surface area contributed by atoms with Gasteiger partial charge in [-0.25, -0.2) is 0 Å². The van der Waals surface area contributed by atoms with Gasteiger partial charge in [0.1, 0.15) is 0 Å². The number of nitrogens with one attached hydrogen (secondary N) is 1. The van der Waals surface area contributed by atoms with Crippen molar-refractivity contribution in [2.75, 3.05) is 44.2 Å². The fourth-order valence-electron chi connectivity index (χ4n) is 3.92. The minimum Gasteiger partial charge on any atom is -0.369 e. The fraction of sp³-hybridized carbons (Fsp3) is 0.632. The van der Waals surface area contributed by atoms with Crippen LogP contribution in [0, 0.1) is 5.92 Å². The molecule has 132 valence electrons. The summed E-state index contributed by atoms with van der Waals surface area (Å²) in [6.07, 6.45) is 4.03. The van der Waals surface area contributed by atoms with E-state index in [1.807, 2.05) is 0 Å². The third-order valence-corrected chi connectivity index (χ3v) is 5.46. The first-order valence-corrected chi connectivity index (χ1v) is 9.28. The molecule has 5 nitrogen and oxygen atoms in total. The van der Waals surface area contributed by atoms with Gasteiger partial charge in [0.15, 0.2) is 0 Å². The van der Waals surface area contributed by atoms with Crippen molar-refractivity contribution in [1.29, 1.82) is 0 Å². The van der Waals surface area contributed by atoms with Crippen LogP contribution in [0.3, 0.4) is 0 Å². The molecule has 1 heterocycles. The van der Waals surface area contributed by atoms with Crippen LogP contribution >= 0.6 is 0 Å². The molecule has 1 aromatic carbocycles. The van der Waals surface area contributed by atoms with Crippen LogP contribution in [-0.2, 0) is 4.79 Å². The maximum absolute atomic E-state index is 12.2. The van der Waals surface area contributed by atoms with E-state index in [2.05, 4.69) is 45.4 Å². The molecular formula is C19H30N4O. The zero-order valence-corrected chi connectivity index (χ0v) is 14.5. The lowest BCUT2D eigenvalue weighted by atomic mass is 10.0. The van der Waals surface area contributed by atoms with Crippen LogP contribution in [0.15, 0.2) is 30.3 Å². The van der Waals surface area contributed by atoms with Crippen LogP contribution in [0.2, 0.25) is 0 Å². The smallest absolute Gasteiger partial charge is 0.221 e. The summed E-state index contributed by atoms with van der Waals surface area (Å²) >= 11 is 0. The summed E-state index contributed by atoms with van der Waals surface area (Å²) in [6.45, 7) is 5.65. The van der Waals surface area contributed by atoms with Crippen molar-refractivity contribution in [2.24, 2.45) is 11.7 Å². The standard InChI is InChI=1S/C19H30N4O/c20-15-16-5-4-8-18(16)21-19(24)9-10-22-11-13-23(14-12-22)17-6-2-1-3-7-17/h1-3,6-7,16,18H,4-5,8-15,20H2,(H,21,24). The minimum absolute atomic E-state index is 0.186. The Morgan fingerprint density at radius 3 is 2.58 bits per heavy atom. The van der Waals surface area contributed by atoms with Gasteiger partial charge in [-0.2, -0.15) is 0 Å². The molecule has 3 rings (SSSR count). The van der Waals surface area contributed by atoms with Crippen molar-refractivity contribution in [3.05, 3.63) is 30.3 Å². The Balaban J connectivity index is 1.36. The van der Waals surface area contributed by atoms with Gasteiger partial charge in [-0.15, -0.1) is 0 Å². The Morgan fingerprint density at radius 2 is 1.88 bits per heavy atom. The number of hydrogen-bond donors (Lipinski definition) is 2. The molecule has 1 aliphatic carbocycles. The second kappa shape index (κ2) is 8.49. The van der Waals surface area contributed by atoms with E-state index in [9.17, 15) is 4.79 Å². The molecule has 1 amide bonds. The monoisotopic (exact) mass is 330 g/mol. The van der Waals surface area contributed by atoms with E-state index in [1.54, 1.807) is 0 Å². The molecular weight excluding hydrogens is 300 g/mol. The van der Waals surface area contributed by atoms with Gasteiger partial charge < -0.3 is 16.0 Å². The fourth-order valence-corrected chi connectivity index (χ4v) is 3.92. The second-order valence-electron chi connectivity index (χ2n) is 7.01. The maximum atomic E-state index is 12.2. The lowest BCUT2D eigenvalue weighted by molar-refractivity contribution is -0.122. The van der Waals surface area contributed by atoms with Crippen molar-refractivity contribution >= 4 is 11.6 Å². The SMILES string of the molecule is NCC1CCCC1NC(=O)CCN1CCN(c2ccccc2)CC1. The number of amides is 1. The summed E-state index contributed by atoms with van der Waals surface area (Å²) < 4.78 is 0. The summed E-state index contributed by atoms with van der Waals surface area (Å²) in [7, 11) is 0. The van der Waals surface area contributed by atoms with Crippen LogP contribution in [0.4, 0.5) is 5.69 Å². The molecule has 0 bridgehead atoms. The molecule has 2 atom stereocenters. The number of carbonyl (C=O) groups is 1. The summed E-state index contributed by atoms with van der Waals surface area (Å²) in [5.41, 5.74) is 7.08. The van der Waals surface area contributed by atoms with Crippen LogP contribution in [-0.4, -0.2) is 56.1 Å². The third-order valence-electron chi connectivity index (χ3n) is 5.46. The first-order chi connectivity index (χ1) is 11.8. The van der Waals surface area contributed by atoms with E-state index in [-0.39, 0.29) is 5.91 Å². The van der Waals surface area contributed by atoms with Gasteiger partial charge in [-0.3, -0.25) is 9.69 Å². The number of piperazine rings is 1. The van der Waals surface area contributed by atoms with E-state index in [4.69, 9.17) is 5.73 Å². The predicted molar refractivity (Wildman–Crippen MR) is 98.0 cm³/mol. The Bertz CT molecular complexity index is 513. The molecule has 0 radical (unpaired) electrons. The van der Waals surface area contributed by atoms with Gasteiger partial charge >= 0.3 is 0 Å². The summed E-state index contributed by atoms with van der Waals surface area (Å²) in [5, 5.41) is 3.20. The highest BCUT2D eigenvalue weighted by Crippen LogP contribution is 2.24. The molecule has 2 unspecified atom stereocenters. The number of carbonyl (C=O) groups excluding carboxylic acids is 1. The summed E-state index contributed by atoms with van der Waals surface area (Å²) in [5.74, 6) is 0.661. The maximum Gasteiger partial charge on any atom is 0.221 e. The van der Waals surface area contributed by atoms with E-state index in [0.29, 0.717) is 24.9 Å². The topological polar surface area (TPSA) is 61.6 Å². The molecule has 3 N–H and O–H groups in total. The first-order valence-electron chi connectivity index (χ1n) is 9.28. The number of anilines is 1. The van der Waals surface area contributed by atoms with Crippen molar-refractivity contribution in [2.45, 2.75) is 31.7 Å². The molecule has 1 saturated carbocycles. The van der Waals surface area contributed by atoms with E-state index < -0.39 is 0 Å². The summed E-state index contributed by atoms with van der Waals surface area (Å²) in [4.78, 5) is 17.0. The molecule has 2 fully saturated rings. The highest BCUT2D eigenvalue weighted by atomic mass is 16.1. The van der Waals surface area contributed by atoms with Crippen LogP contribution in [0.25, 0.3) is 0 Å². The zero-order valence-electron chi connectivity index (χ0n) is 14.5. The molecule has 1 saturated heterocycles. The second-order valence-corrected chi connectivity index (χ2v) is 7.01. The highest BCUT2D eigenvalue weighted by molar-refractivity contribution is 5.76. The number of nitrogens with zero attached hydrogens (tertiary/aromatic N) is 2. The van der Waals surface area contributed by atoms with Crippen LogP contribution in [0.1, 0.15) is 25.7 Å². The van der Waals surface area contributed by atoms with Gasteiger partial charge in [0, 0.05) is 50.9 Å². The Kier molecular flexibility index (Phi) is 6.10. The normalized spacial score (nSPS) is 25.0. The van der Waals surface area contributed by atoms with Crippen LogP contribution in [0.5, 0.6) is 0 Å². The van der Waals surface area contributed by atoms with Gasteiger partial charge in [-0.1, -0.05) is 24.6 Å². The average Bonchev–Trinajstić information content (AvgIpc) is 3.08. The van der Waals surface area contributed by atoms with Crippen molar-refractivity contribution in [3.63, 3.8) is 0 Å². The number of nitrogens with two attached hydrogens (primary N) is 1. The molecule has 5 heteroatoms. The highest BCUT2D eigenvalue weighted by Gasteiger charge is 2.27. The quantitative estimate of drug-likeness (QED) is 0.829. The Labute approximate surface area is 145 Å². The lowest BCUT2D eigenvalue weighted by Gasteiger charge is -2.36. The largest absolute Gasteiger partial charge is 0.369 e. The van der Waals surface area contributed by atoms with E-state index in [1.165, 1.54) is 12.1 Å². The molecule has 2 aliphatic rings. The number of benzene rings is 1. The molecule has 0 spiro atoms. The Hall–Kier alpha value is -1.59. The Morgan fingerprint density at radius 1 is 1.12 bits per heavy atom. The van der Waals surface area contributed by atoms with Crippen molar-refractivity contribution in [1.82, 2.24) is 10.2 Å². The van der Waals surface area contributed by atoms with Crippen molar-refractivity contribution < 1.29 is 4.79 Å². The van der Waals surface area contributed by atoms with Gasteiger partial charge in [0.25, 0.3) is 0 Å². The third kappa shape index (κ3) is 4.48. The number of para-hydroxylation sites is 1. The van der Waals surface area contributed by atoms with Gasteiger partial charge in [-0.05, 0) is 37.4 Å². The van der Waals surface area contributed by atoms with Crippen molar-refractivity contribution in [3.8, 4) is 0 Å². The van der Waals surface area contributed by atoms with Crippen LogP contribution < -0.4 is 16.0 Å². The van der Waals surface area contributed by atoms with Gasteiger partial charge in [0.05, 0.1) is 0 Å². The number of hydrogen-bond acceptors (Lipinski definition) is 4. The minimum atomic E-state index is 0.186.